The van der Waals surface area contributed by atoms with Crippen molar-refractivity contribution in [3.8, 4) is 11.5 Å². The van der Waals surface area contributed by atoms with Crippen molar-refractivity contribution in [2.45, 2.75) is 45.8 Å². The summed E-state index contributed by atoms with van der Waals surface area (Å²) >= 11 is 0. The number of likely N-dealkylation sites (tertiary alicyclic amines) is 1. The Bertz CT molecular complexity index is 517. The quantitative estimate of drug-likeness (QED) is 0.711. The summed E-state index contributed by atoms with van der Waals surface area (Å²) in [5, 5.41) is 3.42. The summed E-state index contributed by atoms with van der Waals surface area (Å²) in [7, 11) is 1.66. The Morgan fingerprint density at radius 3 is 2.78 bits per heavy atom. The van der Waals surface area contributed by atoms with E-state index in [0.717, 1.165) is 62.5 Å². The van der Waals surface area contributed by atoms with E-state index in [0.29, 0.717) is 5.91 Å². The summed E-state index contributed by atoms with van der Waals surface area (Å²) < 4.78 is 11.1. The van der Waals surface area contributed by atoms with E-state index in [1.165, 1.54) is 0 Å². The molecule has 2 rings (SSSR count). The van der Waals surface area contributed by atoms with Crippen molar-refractivity contribution in [3.05, 3.63) is 23.8 Å². The summed E-state index contributed by atoms with van der Waals surface area (Å²) in [5.41, 5.74) is 1.16. The van der Waals surface area contributed by atoms with Crippen LogP contribution in [0, 0.1) is 0 Å². The molecule has 0 saturated carbocycles. The van der Waals surface area contributed by atoms with E-state index in [2.05, 4.69) is 11.4 Å². The highest BCUT2D eigenvalue weighted by Gasteiger charge is 2.18. The largest absolute Gasteiger partial charge is 0.493 e. The van der Waals surface area contributed by atoms with Crippen LogP contribution >= 0.6 is 0 Å². The standard InChI is InChI=1S/C18H28N2O3/c1-14(2)23-16-8-7-15(12-17(16)22-3)13-19-9-5-11-20-10-4-6-18(20)21/h7-8,12,14,19H,4-6,9-11,13H2,1-3H3. The second-order valence-corrected chi connectivity index (χ2v) is 6.17. The number of nitrogens with one attached hydrogen (secondary N) is 1. The summed E-state index contributed by atoms with van der Waals surface area (Å²) in [4.78, 5) is 13.5. The van der Waals surface area contributed by atoms with Gasteiger partial charge in [0.1, 0.15) is 0 Å². The Hall–Kier alpha value is -1.75. The monoisotopic (exact) mass is 320 g/mol. The van der Waals surface area contributed by atoms with Crippen molar-refractivity contribution >= 4 is 5.91 Å². The van der Waals surface area contributed by atoms with Crippen LogP contribution in [0.2, 0.25) is 0 Å². The molecule has 0 bridgehead atoms. The molecule has 0 atom stereocenters. The second-order valence-electron chi connectivity index (χ2n) is 6.17. The molecule has 1 aromatic rings. The molecule has 1 aliphatic rings. The molecule has 1 fully saturated rings. The molecule has 0 spiro atoms. The van der Waals surface area contributed by atoms with Crippen LogP contribution in [0.15, 0.2) is 18.2 Å². The summed E-state index contributed by atoms with van der Waals surface area (Å²) in [5.74, 6) is 1.84. The molecule has 1 heterocycles. The van der Waals surface area contributed by atoms with Crippen LogP contribution in [0.5, 0.6) is 11.5 Å². The van der Waals surface area contributed by atoms with E-state index in [-0.39, 0.29) is 6.10 Å². The van der Waals surface area contributed by atoms with Gasteiger partial charge in [0.15, 0.2) is 11.5 Å². The van der Waals surface area contributed by atoms with Gasteiger partial charge in [-0.1, -0.05) is 6.07 Å². The van der Waals surface area contributed by atoms with Gasteiger partial charge in [0.2, 0.25) is 5.91 Å². The van der Waals surface area contributed by atoms with Crippen molar-refractivity contribution in [1.82, 2.24) is 10.2 Å². The molecule has 0 unspecified atom stereocenters. The number of methoxy groups -OCH3 is 1. The van der Waals surface area contributed by atoms with Crippen LogP contribution in [0.1, 0.15) is 38.7 Å². The normalized spacial score (nSPS) is 14.6. The van der Waals surface area contributed by atoms with Gasteiger partial charge in [0.25, 0.3) is 0 Å². The Morgan fingerprint density at radius 1 is 1.30 bits per heavy atom. The maximum Gasteiger partial charge on any atom is 0.222 e. The molecular weight excluding hydrogens is 292 g/mol. The molecule has 0 aromatic heterocycles. The van der Waals surface area contributed by atoms with E-state index in [1.807, 2.05) is 30.9 Å². The predicted molar refractivity (Wildman–Crippen MR) is 90.9 cm³/mol. The van der Waals surface area contributed by atoms with Gasteiger partial charge in [-0.2, -0.15) is 0 Å². The maximum absolute atomic E-state index is 11.5. The predicted octanol–water partition coefficient (Wildman–Crippen LogP) is 2.58. The number of hydrogen-bond donors (Lipinski definition) is 1. The Kier molecular flexibility index (Phi) is 6.71. The third-order valence-corrected chi connectivity index (χ3v) is 3.87. The number of carbonyl (C=O) groups is 1. The fraction of sp³-hybridized carbons (Fsp3) is 0.611. The van der Waals surface area contributed by atoms with E-state index in [1.54, 1.807) is 7.11 Å². The minimum absolute atomic E-state index is 0.126. The Morgan fingerprint density at radius 2 is 2.13 bits per heavy atom. The lowest BCUT2D eigenvalue weighted by Crippen LogP contribution is -2.28. The summed E-state index contributed by atoms with van der Waals surface area (Å²) in [6, 6.07) is 6.02. The first-order chi connectivity index (χ1) is 11.1. The van der Waals surface area contributed by atoms with Crippen LogP contribution in [0.25, 0.3) is 0 Å². The molecule has 128 valence electrons. The van der Waals surface area contributed by atoms with Crippen molar-refractivity contribution < 1.29 is 14.3 Å². The van der Waals surface area contributed by atoms with E-state index in [4.69, 9.17) is 9.47 Å². The first-order valence-corrected chi connectivity index (χ1v) is 8.42. The third kappa shape index (κ3) is 5.43. The smallest absolute Gasteiger partial charge is 0.222 e. The van der Waals surface area contributed by atoms with Crippen molar-refractivity contribution in [1.29, 1.82) is 0 Å². The van der Waals surface area contributed by atoms with E-state index in [9.17, 15) is 4.79 Å². The lowest BCUT2D eigenvalue weighted by atomic mass is 10.2. The summed E-state index contributed by atoms with van der Waals surface area (Å²) in [6.45, 7) is 7.46. The molecule has 1 amide bonds. The Balaban J connectivity index is 1.73. The molecule has 0 radical (unpaired) electrons. The SMILES string of the molecule is COc1cc(CNCCCN2CCCC2=O)ccc1OC(C)C. The molecule has 1 N–H and O–H groups in total. The highest BCUT2D eigenvalue weighted by atomic mass is 16.5. The number of carbonyl (C=O) groups excluding carboxylic acids is 1. The minimum Gasteiger partial charge on any atom is -0.493 e. The molecule has 1 saturated heterocycles. The van der Waals surface area contributed by atoms with Crippen molar-refractivity contribution in [3.63, 3.8) is 0 Å². The molecule has 1 aliphatic heterocycles. The van der Waals surface area contributed by atoms with Crippen LogP contribution in [0.4, 0.5) is 0 Å². The molecule has 1 aromatic carbocycles. The van der Waals surface area contributed by atoms with Gasteiger partial charge < -0.3 is 19.7 Å². The maximum atomic E-state index is 11.5. The first-order valence-electron chi connectivity index (χ1n) is 8.42. The van der Waals surface area contributed by atoms with Gasteiger partial charge in [-0.05, 0) is 50.9 Å². The molecule has 5 heteroatoms. The molecule has 5 nitrogen and oxygen atoms in total. The lowest BCUT2D eigenvalue weighted by Gasteiger charge is -2.16. The van der Waals surface area contributed by atoms with Gasteiger partial charge in [0.05, 0.1) is 13.2 Å². The highest BCUT2D eigenvalue weighted by molar-refractivity contribution is 5.77. The van der Waals surface area contributed by atoms with Crippen molar-refractivity contribution in [2.24, 2.45) is 0 Å². The van der Waals surface area contributed by atoms with Crippen LogP contribution in [-0.4, -0.2) is 43.7 Å². The number of rotatable bonds is 9. The van der Waals surface area contributed by atoms with Gasteiger partial charge in [0, 0.05) is 26.1 Å². The summed E-state index contributed by atoms with van der Waals surface area (Å²) in [6.07, 6.45) is 2.84. The number of benzene rings is 1. The Labute approximate surface area is 139 Å². The zero-order valence-electron chi connectivity index (χ0n) is 14.4. The van der Waals surface area contributed by atoms with Crippen LogP contribution < -0.4 is 14.8 Å². The second kappa shape index (κ2) is 8.77. The average molecular weight is 320 g/mol. The minimum atomic E-state index is 0.126. The van der Waals surface area contributed by atoms with Crippen molar-refractivity contribution in [2.75, 3.05) is 26.7 Å². The van der Waals surface area contributed by atoms with Gasteiger partial charge in [-0.25, -0.2) is 0 Å². The fourth-order valence-electron chi connectivity index (χ4n) is 2.74. The molecule has 0 aliphatic carbocycles. The topological polar surface area (TPSA) is 50.8 Å². The van der Waals surface area contributed by atoms with E-state index < -0.39 is 0 Å². The number of hydrogen-bond acceptors (Lipinski definition) is 4. The lowest BCUT2D eigenvalue weighted by molar-refractivity contribution is -0.127. The van der Waals surface area contributed by atoms with Gasteiger partial charge >= 0.3 is 0 Å². The number of amides is 1. The number of ether oxygens (including phenoxy) is 2. The molecular formula is C18H28N2O3. The average Bonchev–Trinajstić information content (AvgIpc) is 2.93. The first kappa shape index (κ1) is 17.6. The van der Waals surface area contributed by atoms with E-state index >= 15 is 0 Å². The zero-order chi connectivity index (χ0) is 16.7. The fourth-order valence-corrected chi connectivity index (χ4v) is 2.74. The zero-order valence-corrected chi connectivity index (χ0v) is 14.4. The third-order valence-electron chi connectivity index (χ3n) is 3.87. The van der Waals surface area contributed by atoms with Gasteiger partial charge in [-0.3, -0.25) is 4.79 Å². The highest BCUT2D eigenvalue weighted by Crippen LogP contribution is 2.28. The van der Waals surface area contributed by atoms with Crippen LogP contribution in [-0.2, 0) is 11.3 Å². The van der Waals surface area contributed by atoms with Crippen LogP contribution in [0.3, 0.4) is 0 Å². The number of nitrogens with zero attached hydrogens (tertiary/aromatic N) is 1. The molecule has 23 heavy (non-hydrogen) atoms. The van der Waals surface area contributed by atoms with Gasteiger partial charge in [-0.15, -0.1) is 0 Å².